The van der Waals surface area contributed by atoms with Gasteiger partial charge in [0.1, 0.15) is 5.82 Å². The highest BCUT2D eigenvalue weighted by Crippen LogP contribution is 2.29. The minimum absolute atomic E-state index is 0.0312. The highest BCUT2D eigenvalue weighted by molar-refractivity contribution is 6.30. The molecule has 2 atom stereocenters. The Morgan fingerprint density at radius 1 is 1.28 bits per heavy atom. The number of halogens is 2. The standard InChI is InChI=1S/C21H20ClFN2O4/c1-13(14-5-3-2-4-6-14)25-11-15(9-20(25)27)21(28)29-12-19(26)24-18-8-7-16(22)10-17(18)23/h2-8,10,13,15H,9,11-12H2,1H3,(H,24,26)/t13-,15-/m0/s1. The van der Waals surface area contributed by atoms with E-state index in [0.29, 0.717) is 0 Å². The SMILES string of the molecule is C[C@@H](c1ccccc1)N1C[C@@H](C(=O)OCC(=O)Nc2ccc(Cl)cc2F)CC1=O. The summed E-state index contributed by atoms with van der Waals surface area (Å²) in [6, 6.07) is 13.2. The van der Waals surface area contributed by atoms with E-state index >= 15 is 0 Å². The van der Waals surface area contributed by atoms with Crippen LogP contribution in [0.4, 0.5) is 10.1 Å². The van der Waals surface area contributed by atoms with Crippen molar-refractivity contribution in [2.45, 2.75) is 19.4 Å². The first-order chi connectivity index (χ1) is 13.8. The van der Waals surface area contributed by atoms with E-state index in [0.717, 1.165) is 11.6 Å². The largest absolute Gasteiger partial charge is 0.455 e. The highest BCUT2D eigenvalue weighted by Gasteiger charge is 2.38. The molecule has 0 unspecified atom stereocenters. The quantitative estimate of drug-likeness (QED) is 0.728. The topological polar surface area (TPSA) is 75.7 Å². The number of benzene rings is 2. The van der Waals surface area contributed by atoms with Gasteiger partial charge in [0.05, 0.1) is 17.6 Å². The van der Waals surface area contributed by atoms with Crippen LogP contribution in [0.15, 0.2) is 48.5 Å². The van der Waals surface area contributed by atoms with Gasteiger partial charge in [-0.05, 0) is 30.7 Å². The van der Waals surface area contributed by atoms with Crippen LogP contribution in [0.1, 0.15) is 24.9 Å². The molecule has 1 saturated heterocycles. The van der Waals surface area contributed by atoms with E-state index in [1.807, 2.05) is 37.3 Å². The van der Waals surface area contributed by atoms with Crippen LogP contribution in [0.25, 0.3) is 0 Å². The van der Waals surface area contributed by atoms with Gasteiger partial charge in [0.25, 0.3) is 5.91 Å². The molecule has 0 aliphatic carbocycles. The predicted octanol–water partition coefficient (Wildman–Crippen LogP) is 3.57. The van der Waals surface area contributed by atoms with E-state index in [-0.39, 0.29) is 35.6 Å². The lowest BCUT2D eigenvalue weighted by atomic mass is 10.1. The summed E-state index contributed by atoms with van der Waals surface area (Å²) in [5, 5.41) is 2.51. The molecule has 2 amide bonds. The van der Waals surface area contributed by atoms with Crippen LogP contribution in [0.3, 0.4) is 0 Å². The van der Waals surface area contributed by atoms with E-state index < -0.39 is 30.2 Å². The predicted molar refractivity (Wildman–Crippen MR) is 106 cm³/mol. The fourth-order valence-electron chi connectivity index (χ4n) is 3.21. The lowest BCUT2D eigenvalue weighted by Gasteiger charge is -2.25. The Morgan fingerprint density at radius 2 is 2.00 bits per heavy atom. The molecular weight excluding hydrogens is 399 g/mol. The number of hydrogen-bond acceptors (Lipinski definition) is 4. The van der Waals surface area contributed by atoms with Crippen molar-refractivity contribution in [3.8, 4) is 0 Å². The first-order valence-electron chi connectivity index (χ1n) is 9.11. The molecule has 0 spiro atoms. The fourth-order valence-corrected chi connectivity index (χ4v) is 3.37. The molecule has 0 bridgehead atoms. The lowest BCUT2D eigenvalue weighted by Crippen LogP contribution is -2.30. The second-order valence-electron chi connectivity index (χ2n) is 6.81. The van der Waals surface area contributed by atoms with Gasteiger partial charge < -0.3 is 15.0 Å². The third-order valence-corrected chi connectivity index (χ3v) is 5.03. The summed E-state index contributed by atoms with van der Waals surface area (Å²) < 4.78 is 18.7. The summed E-state index contributed by atoms with van der Waals surface area (Å²) >= 11 is 5.66. The summed E-state index contributed by atoms with van der Waals surface area (Å²) in [5.74, 6) is -2.79. The molecule has 1 aliphatic heterocycles. The van der Waals surface area contributed by atoms with Crippen molar-refractivity contribution in [2.24, 2.45) is 5.92 Å². The minimum atomic E-state index is -0.691. The van der Waals surface area contributed by atoms with Crippen molar-refractivity contribution in [1.82, 2.24) is 4.90 Å². The molecule has 6 nitrogen and oxygen atoms in total. The second-order valence-corrected chi connectivity index (χ2v) is 7.25. The molecular formula is C21H20ClFN2O4. The molecule has 0 aromatic heterocycles. The van der Waals surface area contributed by atoms with Gasteiger partial charge in [-0.15, -0.1) is 0 Å². The van der Waals surface area contributed by atoms with E-state index in [4.69, 9.17) is 16.3 Å². The maximum atomic E-state index is 13.7. The minimum Gasteiger partial charge on any atom is -0.455 e. The van der Waals surface area contributed by atoms with Gasteiger partial charge in [0.15, 0.2) is 6.61 Å². The number of nitrogens with zero attached hydrogens (tertiary/aromatic N) is 1. The van der Waals surface area contributed by atoms with Gasteiger partial charge >= 0.3 is 5.97 Å². The molecule has 29 heavy (non-hydrogen) atoms. The molecule has 2 aromatic rings. The van der Waals surface area contributed by atoms with Gasteiger partial charge in [0.2, 0.25) is 5.91 Å². The second kappa shape index (κ2) is 9.05. The Bertz CT molecular complexity index is 922. The summed E-state index contributed by atoms with van der Waals surface area (Å²) in [6.45, 7) is 1.55. The molecule has 0 saturated carbocycles. The molecule has 1 aliphatic rings. The number of likely N-dealkylation sites (tertiary alicyclic amines) is 1. The third kappa shape index (κ3) is 5.12. The van der Waals surface area contributed by atoms with Crippen molar-refractivity contribution < 1.29 is 23.5 Å². The molecule has 2 aromatic carbocycles. The zero-order chi connectivity index (χ0) is 21.0. The molecule has 1 N–H and O–H groups in total. The first-order valence-corrected chi connectivity index (χ1v) is 9.49. The fraction of sp³-hybridized carbons (Fsp3) is 0.286. The first kappa shape index (κ1) is 20.8. The molecule has 1 heterocycles. The van der Waals surface area contributed by atoms with Crippen LogP contribution in [0.2, 0.25) is 5.02 Å². The maximum absolute atomic E-state index is 13.7. The monoisotopic (exact) mass is 418 g/mol. The van der Waals surface area contributed by atoms with Crippen LogP contribution in [-0.4, -0.2) is 35.8 Å². The Hall–Kier alpha value is -2.93. The Kier molecular flexibility index (Phi) is 6.49. The number of anilines is 1. The Morgan fingerprint density at radius 3 is 2.69 bits per heavy atom. The summed E-state index contributed by atoms with van der Waals surface area (Å²) in [4.78, 5) is 38.2. The number of carbonyl (C=O) groups is 3. The van der Waals surface area contributed by atoms with Gasteiger partial charge in [-0.3, -0.25) is 14.4 Å². The van der Waals surface area contributed by atoms with Crippen molar-refractivity contribution in [3.05, 3.63) is 64.9 Å². The number of nitrogens with one attached hydrogen (secondary N) is 1. The number of rotatable bonds is 6. The smallest absolute Gasteiger partial charge is 0.311 e. The number of amides is 2. The molecule has 152 valence electrons. The number of ether oxygens (including phenoxy) is 1. The summed E-state index contributed by atoms with van der Waals surface area (Å²) in [6.07, 6.45) is 0.0312. The van der Waals surface area contributed by atoms with E-state index in [2.05, 4.69) is 5.32 Å². The van der Waals surface area contributed by atoms with Crippen LogP contribution >= 0.6 is 11.6 Å². The van der Waals surface area contributed by atoms with Crippen LogP contribution < -0.4 is 5.32 Å². The van der Waals surface area contributed by atoms with Crippen LogP contribution in [-0.2, 0) is 19.1 Å². The molecule has 8 heteroatoms. The zero-order valence-corrected chi connectivity index (χ0v) is 16.5. The van der Waals surface area contributed by atoms with Crippen LogP contribution in [0, 0.1) is 11.7 Å². The van der Waals surface area contributed by atoms with Crippen molar-refractivity contribution in [3.63, 3.8) is 0 Å². The Balaban J connectivity index is 1.52. The van der Waals surface area contributed by atoms with Gasteiger partial charge in [-0.2, -0.15) is 0 Å². The van der Waals surface area contributed by atoms with Crippen LogP contribution in [0.5, 0.6) is 0 Å². The zero-order valence-electron chi connectivity index (χ0n) is 15.7. The summed E-state index contributed by atoms with van der Waals surface area (Å²) in [5.41, 5.74) is 0.911. The van der Waals surface area contributed by atoms with E-state index in [1.54, 1.807) is 4.90 Å². The average molecular weight is 419 g/mol. The van der Waals surface area contributed by atoms with Gasteiger partial charge in [-0.1, -0.05) is 41.9 Å². The number of hydrogen-bond donors (Lipinski definition) is 1. The van der Waals surface area contributed by atoms with Crippen molar-refractivity contribution in [2.75, 3.05) is 18.5 Å². The molecule has 0 radical (unpaired) electrons. The van der Waals surface area contributed by atoms with E-state index in [1.165, 1.54) is 12.1 Å². The lowest BCUT2D eigenvalue weighted by molar-refractivity contribution is -0.151. The van der Waals surface area contributed by atoms with Gasteiger partial charge in [-0.25, -0.2) is 4.39 Å². The number of carbonyl (C=O) groups excluding carboxylic acids is 3. The normalized spacial score (nSPS) is 17.1. The van der Waals surface area contributed by atoms with Crippen molar-refractivity contribution >= 4 is 35.1 Å². The summed E-state index contributed by atoms with van der Waals surface area (Å²) in [7, 11) is 0. The van der Waals surface area contributed by atoms with Gasteiger partial charge in [0, 0.05) is 18.0 Å². The average Bonchev–Trinajstić information content (AvgIpc) is 3.10. The van der Waals surface area contributed by atoms with Crippen molar-refractivity contribution in [1.29, 1.82) is 0 Å². The molecule has 1 fully saturated rings. The molecule has 3 rings (SSSR count). The highest BCUT2D eigenvalue weighted by atomic mass is 35.5. The van der Waals surface area contributed by atoms with E-state index in [9.17, 15) is 18.8 Å². The Labute approximate surface area is 172 Å². The third-order valence-electron chi connectivity index (χ3n) is 4.79. The number of esters is 1. The maximum Gasteiger partial charge on any atom is 0.311 e.